The van der Waals surface area contributed by atoms with Gasteiger partial charge in [-0.3, -0.25) is 9.69 Å². The van der Waals surface area contributed by atoms with Crippen molar-refractivity contribution >= 4 is 5.91 Å². The van der Waals surface area contributed by atoms with E-state index in [2.05, 4.69) is 14.9 Å². The predicted molar refractivity (Wildman–Crippen MR) is 80.9 cm³/mol. The molecule has 2 aliphatic rings. The van der Waals surface area contributed by atoms with Crippen molar-refractivity contribution in [2.45, 2.75) is 19.5 Å². The number of carbonyl (C=O) groups is 1. The summed E-state index contributed by atoms with van der Waals surface area (Å²) in [5.41, 5.74) is 8.36. The number of nitrogens with two attached hydrogens (primary N) is 1. The van der Waals surface area contributed by atoms with E-state index in [-0.39, 0.29) is 12.6 Å². The zero-order valence-electron chi connectivity index (χ0n) is 12.5. The van der Waals surface area contributed by atoms with Crippen LogP contribution < -0.4 is 15.2 Å². The van der Waals surface area contributed by atoms with Gasteiger partial charge in [-0.15, -0.1) is 0 Å². The summed E-state index contributed by atoms with van der Waals surface area (Å²) in [4.78, 5) is 21.8. The van der Waals surface area contributed by atoms with Crippen LogP contribution in [-0.4, -0.2) is 34.1 Å². The molecule has 0 atom stereocenters. The van der Waals surface area contributed by atoms with Gasteiger partial charge >= 0.3 is 0 Å². The summed E-state index contributed by atoms with van der Waals surface area (Å²) in [7, 11) is 0. The lowest BCUT2D eigenvalue weighted by Gasteiger charge is -2.27. The molecule has 0 saturated carbocycles. The van der Waals surface area contributed by atoms with Gasteiger partial charge in [0.2, 0.25) is 12.6 Å². The number of primary amides is 1. The normalized spacial score (nSPS) is 16.2. The highest BCUT2D eigenvalue weighted by molar-refractivity contribution is 5.88. The maximum Gasteiger partial charge on any atom is 0.286 e. The Hall–Kier alpha value is -2.67. The van der Waals surface area contributed by atoms with E-state index in [4.69, 9.17) is 15.2 Å². The van der Waals surface area contributed by atoms with E-state index >= 15 is 0 Å². The fourth-order valence-corrected chi connectivity index (χ4v) is 2.91. The lowest BCUT2D eigenvalue weighted by atomic mass is 10.1. The summed E-state index contributed by atoms with van der Waals surface area (Å²) in [5.74, 6) is 1.06. The molecule has 0 saturated heterocycles. The Morgan fingerprint density at radius 3 is 3.04 bits per heavy atom. The van der Waals surface area contributed by atoms with Crippen LogP contribution in [0.25, 0.3) is 0 Å². The molecule has 0 bridgehead atoms. The van der Waals surface area contributed by atoms with E-state index in [9.17, 15) is 4.79 Å². The molecule has 4 rings (SSSR count). The molecule has 7 nitrogen and oxygen atoms in total. The molecular weight excluding hydrogens is 296 g/mol. The largest absolute Gasteiger partial charge is 0.454 e. The van der Waals surface area contributed by atoms with Crippen LogP contribution in [0.2, 0.25) is 0 Å². The van der Waals surface area contributed by atoms with Crippen LogP contribution in [0, 0.1) is 0 Å². The molecule has 0 aliphatic carbocycles. The van der Waals surface area contributed by atoms with Crippen molar-refractivity contribution in [3.8, 4) is 11.5 Å². The fraction of sp³-hybridized carbons (Fsp3) is 0.312. The van der Waals surface area contributed by atoms with Crippen LogP contribution in [0.1, 0.15) is 27.4 Å². The number of aromatic nitrogens is 2. The van der Waals surface area contributed by atoms with Gasteiger partial charge < -0.3 is 15.2 Å². The lowest BCUT2D eigenvalue weighted by molar-refractivity contribution is 0.0989. The van der Waals surface area contributed by atoms with Gasteiger partial charge in [-0.25, -0.2) is 9.97 Å². The molecule has 0 fully saturated rings. The second kappa shape index (κ2) is 5.51. The van der Waals surface area contributed by atoms with Gasteiger partial charge in [0.1, 0.15) is 0 Å². The number of rotatable bonds is 3. The van der Waals surface area contributed by atoms with E-state index in [0.717, 1.165) is 47.8 Å². The zero-order valence-corrected chi connectivity index (χ0v) is 12.5. The lowest BCUT2D eigenvalue weighted by Crippen LogP contribution is -2.32. The van der Waals surface area contributed by atoms with Crippen molar-refractivity contribution in [3.05, 3.63) is 47.0 Å². The minimum atomic E-state index is -0.597. The number of ether oxygens (including phenoxy) is 2. The summed E-state index contributed by atoms with van der Waals surface area (Å²) in [6, 6.07) is 5.98. The summed E-state index contributed by atoms with van der Waals surface area (Å²) >= 11 is 0. The molecule has 7 heteroatoms. The number of hydrogen-bond acceptors (Lipinski definition) is 6. The quantitative estimate of drug-likeness (QED) is 0.904. The van der Waals surface area contributed by atoms with Crippen molar-refractivity contribution in [1.82, 2.24) is 14.9 Å². The smallest absolute Gasteiger partial charge is 0.286 e. The maximum atomic E-state index is 11.2. The van der Waals surface area contributed by atoms with Crippen LogP contribution in [0.4, 0.5) is 0 Å². The SMILES string of the molecule is NC(=O)c1ncc2c(n1)CN(Cc1ccc3c(c1)OCO3)CC2. The Morgan fingerprint density at radius 2 is 2.17 bits per heavy atom. The van der Waals surface area contributed by atoms with Crippen molar-refractivity contribution < 1.29 is 14.3 Å². The molecule has 118 valence electrons. The number of carbonyl (C=O) groups excluding carboxylic acids is 1. The Morgan fingerprint density at radius 1 is 1.30 bits per heavy atom. The molecule has 0 spiro atoms. The minimum absolute atomic E-state index is 0.0775. The standard InChI is InChI=1S/C16H16N4O3/c17-15(21)16-18-6-11-3-4-20(8-12(11)19-16)7-10-1-2-13-14(5-10)23-9-22-13/h1-2,5-6H,3-4,7-9H2,(H2,17,21). The molecule has 2 aliphatic heterocycles. The number of hydrogen-bond donors (Lipinski definition) is 1. The van der Waals surface area contributed by atoms with E-state index in [1.54, 1.807) is 6.20 Å². The molecule has 0 radical (unpaired) electrons. The molecule has 1 amide bonds. The van der Waals surface area contributed by atoms with E-state index in [1.807, 2.05) is 18.2 Å². The summed E-state index contributed by atoms with van der Waals surface area (Å²) in [6.45, 7) is 2.65. The topological polar surface area (TPSA) is 90.6 Å². The molecule has 3 heterocycles. The van der Waals surface area contributed by atoms with Gasteiger partial charge in [0, 0.05) is 25.8 Å². The first-order valence-electron chi connectivity index (χ1n) is 7.44. The predicted octanol–water partition coefficient (Wildman–Crippen LogP) is 0.862. The van der Waals surface area contributed by atoms with Gasteiger partial charge in [-0.05, 0) is 29.7 Å². The molecule has 2 N–H and O–H groups in total. The van der Waals surface area contributed by atoms with Crippen LogP contribution in [0.15, 0.2) is 24.4 Å². The van der Waals surface area contributed by atoms with Crippen molar-refractivity contribution in [2.75, 3.05) is 13.3 Å². The molecule has 0 unspecified atom stereocenters. The second-order valence-corrected chi connectivity index (χ2v) is 5.68. The Bertz CT molecular complexity index is 778. The van der Waals surface area contributed by atoms with Gasteiger partial charge in [-0.1, -0.05) is 6.07 Å². The first kappa shape index (κ1) is 14.0. The Kier molecular flexibility index (Phi) is 3.34. The Balaban J connectivity index is 1.51. The summed E-state index contributed by atoms with van der Waals surface area (Å²) in [5, 5.41) is 0. The van der Waals surface area contributed by atoms with Crippen LogP contribution in [0.3, 0.4) is 0 Å². The third-order valence-corrected chi connectivity index (χ3v) is 4.09. The van der Waals surface area contributed by atoms with Crippen molar-refractivity contribution in [2.24, 2.45) is 5.73 Å². The summed E-state index contributed by atoms with van der Waals surface area (Å²) in [6.07, 6.45) is 2.57. The minimum Gasteiger partial charge on any atom is -0.454 e. The third-order valence-electron chi connectivity index (χ3n) is 4.09. The average Bonchev–Trinajstić information content (AvgIpc) is 3.02. The van der Waals surface area contributed by atoms with E-state index < -0.39 is 5.91 Å². The monoisotopic (exact) mass is 312 g/mol. The van der Waals surface area contributed by atoms with Crippen LogP contribution in [-0.2, 0) is 19.5 Å². The maximum absolute atomic E-state index is 11.2. The average molecular weight is 312 g/mol. The highest BCUT2D eigenvalue weighted by Gasteiger charge is 2.21. The van der Waals surface area contributed by atoms with Crippen molar-refractivity contribution in [3.63, 3.8) is 0 Å². The number of benzene rings is 1. The first-order valence-corrected chi connectivity index (χ1v) is 7.44. The van der Waals surface area contributed by atoms with Crippen LogP contribution in [0.5, 0.6) is 11.5 Å². The molecule has 23 heavy (non-hydrogen) atoms. The van der Waals surface area contributed by atoms with Gasteiger partial charge in [0.15, 0.2) is 11.5 Å². The molecular formula is C16H16N4O3. The van der Waals surface area contributed by atoms with Crippen LogP contribution >= 0.6 is 0 Å². The van der Waals surface area contributed by atoms with Crippen molar-refractivity contribution in [1.29, 1.82) is 0 Å². The Labute approximate surface area is 133 Å². The fourth-order valence-electron chi connectivity index (χ4n) is 2.91. The van der Waals surface area contributed by atoms with Gasteiger partial charge in [0.25, 0.3) is 5.91 Å². The van der Waals surface area contributed by atoms with E-state index in [0.29, 0.717) is 6.54 Å². The molecule has 2 aromatic rings. The molecule has 1 aromatic carbocycles. The summed E-state index contributed by atoms with van der Waals surface area (Å²) < 4.78 is 10.7. The van der Waals surface area contributed by atoms with Gasteiger partial charge in [0.05, 0.1) is 5.69 Å². The third kappa shape index (κ3) is 2.70. The first-order chi connectivity index (χ1) is 11.2. The van der Waals surface area contributed by atoms with E-state index in [1.165, 1.54) is 0 Å². The zero-order chi connectivity index (χ0) is 15.8. The highest BCUT2D eigenvalue weighted by Crippen LogP contribution is 2.33. The number of fused-ring (bicyclic) bond motifs is 2. The number of amides is 1. The van der Waals surface area contributed by atoms with Gasteiger partial charge in [-0.2, -0.15) is 0 Å². The molecule has 1 aromatic heterocycles. The highest BCUT2D eigenvalue weighted by atomic mass is 16.7. The second-order valence-electron chi connectivity index (χ2n) is 5.68. The number of nitrogens with zero attached hydrogens (tertiary/aromatic N) is 3.